The third-order valence-corrected chi connectivity index (χ3v) is 5.31. The summed E-state index contributed by atoms with van der Waals surface area (Å²) in [6.45, 7) is 2.05. The van der Waals surface area contributed by atoms with Crippen molar-refractivity contribution in [2.75, 3.05) is 18.9 Å². The van der Waals surface area contributed by atoms with Crippen LogP contribution in [-0.2, 0) is 4.79 Å². The molecule has 0 bridgehead atoms. The number of hydrogen-bond acceptors (Lipinski definition) is 3. The van der Waals surface area contributed by atoms with Crippen molar-refractivity contribution in [3.8, 4) is 0 Å². The Balaban J connectivity index is 1.68. The van der Waals surface area contributed by atoms with E-state index in [0.717, 1.165) is 32.3 Å². The highest BCUT2D eigenvalue weighted by atomic mass is 32.1. The first kappa shape index (κ1) is 17.4. The highest BCUT2D eigenvalue weighted by Gasteiger charge is 2.23. The number of hydrogen-bond donors (Lipinski definition) is 2. The number of quaternary nitrogens is 1. The number of carbonyl (C=O) groups excluding carboxylic acids is 1. The molecule has 1 aromatic heterocycles. The van der Waals surface area contributed by atoms with E-state index >= 15 is 0 Å². The molecule has 0 fully saturated rings. The average molecular weight is 362 g/mol. The number of amides is 1. The molecule has 1 unspecified atom stereocenters. The zero-order chi connectivity index (χ0) is 18.0. The third kappa shape index (κ3) is 3.83. The molecule has 4 nitrogen and oxygen atoms in total. The van der Waals surface area contributed by atoms with Gasteiger partial charge in [-0.15, -0.1) is 11.3 Å². The van der Waals surface area contributed by atoms with E-state index in [1.54, 1.807) is 11.3 Å². The number of carbonyl (C=O) groups is 1. The molecular weight excluding hydrogens is 344 g/mol. The number of rotatable bonds is 5. The van der Waals surface area contributed by atoms with Crippen molar-refractivity contribution in [2.24, 2.45) is 0 Å². The van der Waals surface area contributed by atoms with Crippen molar-refractivity contribution >= 4 is 33.1 Å². The lowest BCUT2D eigenvalue weighted by molar-refractivity contribution is -0.902. The van der Waals surface area contributed by atoms with Gasteiger partial charge >= 0.3 is 0 Å². The predicted octanol–water partition coefficient (Wildman–Crippen LogP) is 2.79. The molecule has 1 amide bonds. The zero-order valence-electron chi connectivity index (χ0n) is 13.8. The number of anilines is 1. The molecule has 0 aliphatic carbocycles. The molecule has 3 rings (SSSR count). The minimum atomic E-state index is -0.787. The fourth-order valence-corrected chi connectivity index (χ4v) is 3.61. The molecule has 130 valence electrons. The summed E-state index contributed by atoms with van der Waals surface area (Å²) in [6.07, 6.45) is 0. The van der Waals surface area contributed by atoms with Crippen molar-refractivity contribution in [2.45, 2.75) is 13.0 Å². The highest BCUT2D eigenvalue weighted by Crippen LogP contribution is 2.24. The summed E-state index contributed by atoms with van der Waals surface area (Å²) >= 11 is 1.59. The standard InChI is InChI=1S/C18H17F2N3OS/c1-11(18-21-14-8-3-4-9-15(14)25-18)23(2)10-16(24)22-17-12(19)6-5-7-13(17)20/h3-9,11H,10H2,1-2H3,(H,22,24)/p+1/t11-/m1/s1. The van der Waals surface area contributed by atoms with E-state index < -0.39 is 23.2 Å². The van der Waals surface area contributed by atoms with Crippen molar-refractivity contribution in [3.63, 3.8) is 0 Å². The fourth-order valence-electron chi connectivity index (χ4n) is 2.49. The minimum absolute atomic E-state index is 0.0198. The van der Waals surface area contributed by atoms with Crippen LogP contribution in [0, 0.1) is 11.6 Å². The van der Waals surface area contributed by atoms with Crippen molar-refractivity contribution < 1.29 is 18.5 Å². The molecule has 0 aliphatic rings. The molecule has 2 atom stereocenters. The molecule has 3 aromatic rings. The van der Waals surface area contributed by atoms with Crippen LogP contribution in [0.1, 0.15) is 18.0 Å². The third-order valence-electron chi connectivity index (χ3n) is 4.09. The lowest BCUT2D eigenvalue weighted by Crippen LogP contribution is -3.10. The number of nitrogens with one attached hydrogen (secondary N) is 2. The second kappa shape index (κ2) is 7.25. The summed E-state index contributed by atoms with van der Waals surface area (Å²) < 4.78 is 28.3. The molecule has 25 heavy (non-hydrogen) atoms. The van der Waals surface area contributed by atoms with E-state index in [4.69, 9.17) is 0 Å². The Morgan fingerprint density at radius 2 is 1.88 bits per heavy atom. The maximum atomic E-state index is 13.6. The van der Waals surface area contributed by atoms with Crippen LogP contribution in [0.2, 0.25) is 0 Å². The van der Waals surface area contributed by atoms with Crippen LogP contribution in [0.3, 0.4) is 0 Å². The van der Waals surface area contributed by atoms with Crippen molar-refractivity contribution in [3.05, 3.63) is 59.1 Å². The molecule has 0 saturated heterocycles. The fraction of sp³-hybridized carbons (Fsp3) is 0.222. The van der Waals surface area contributed by atoms with Gasteiger partial charge < -0.3 is 10.2 Å². The zero-order valence-corrected chi connectivity index (χ0v) is 14.7. The first-order valence-corrected chi connectivity index (χ1v) is 8.69. The summed E-state index contributed by atoms with van der Waals surface area (Å²) in [6, 6.07) is 11.3. The minimum Gasteiger partial charge on any atom is -0.322 e. The van der Waals surface area contributed by atoms with Gasteiger partial charge in [0, 0.05) is 0 Å². The van der Waals surface area contributed by atoms with Crippen molar-refractivity contribution in [1.29, 1.82) is 0 Å². The summed E-state index contributed by atoms with van der Waals surface area (Å²) in [5.41, 5.74) is 0.521. The van der Waals surface area contributed by atoms with Gasteiger partial charge in [-0.05, 0) is 31.2 Å². The summed E-state index contributed by atoms with van der Waals surface area (Å²) in [4.78, 5) is 17.6. The first-order chi connectivity index (χ1) is 12.0. The predicted molar refractivity (Wildman–Crippen MR) is 94.8 cm³/mol. The van der Waals surface area contributed by atoms with Gasteiger partial charge in [-0.2, -0.15) is 0 Å². The smallest absolute Gasteiger partial charge is 0.279 e. The van der Waals surface area contributed by atoms with Crippen molar-refractivity contribution in [1.82, 2.24) is 4.98 Å². The van der Waals surface area contributed by atoms with Crippen LogP contribution >= 0.6 is 11.3 Å². The largest absolute Gasteiger partial charge is 0.322 e. The van der Waals surface area contributed by atoms with E-state index in [1.807, 2.05) is 38.2 Å². The summed E-state index contributed by atoms with van der Waals surface area (Å²) in [5.74, 6) is -2.02. The van der Waals surface area contributed by atoms with Gasteiger partial charge in [0.05, 0.1) is 17.3 Å². The Bertz CT molecular complexity index is 859. The number of aromatic nitrogens is 1. The van der Waals surface area contributed by atoms with Gasteiger partial charge in [-0.25, -0.2) is 13.8 Å². The van der Waals surface area contributed by atoms with Gasteiger partial charge in [0.15, 0.2) is 11.6 Å². The normalized spacial score (nSPS) is 13.6. The van der Waals surface area contributed by atoms with Crippen LogP contribution in [0.4, 0.5) is 14.5 Å². The summed E-state index contributed by atoms with van der Waals surface area (Å²) in [5, 5.41) is 3.24. The molecule has 0 saturated carbocycles. The second-order valence-electron chi connectivity index (χ2n) is 5.91. The molecule has 2 N–H and O–H groups in total. The monoisotopic (exact) mass is 362 g/mol. The Hall–Kier alpha value is -2.38. The number of fused-ring (bicyclic) bond motifs is 1. The average Bonchev–Trinajstić information content (AvgIpc) is 3.01. The van der Waals surface area contributed by atoms with Crippen LogP contribution in [0.25, 0.3) is 10.2 Å². The van der Waals surface area contributed by atoms with E-state index in [0.29, 0.717) is 0 Å². The lowest BCUT2D eigenvalue weighted by Gasteiger charge is -2.19. The molecule has 2 aromatic carbocycles. The maximum Gasteiger partial charge on any atom is 0.279 e. The van der Waals surface area contributed by atoms with Gasteiger partial charge in [0.25, 0.3) is 5.91 Å². The summed E-state index contributed by atoms with van der Waals surface area (Å²) in [7, 11) is 1.86. The number of likely N-dealkylation sites (N-methyl/N-ethyl adjacent to an activating group) is 1. The number of nitrogens with zero attached hydrogens (tertiary/aromatic N) is 1. The van der Waals surface area contributed by atoms with Crippen LogP contribution in [-0.4, -0.2) is 24.5 Å². The second-order valence-corrected chi connectivity index (χ2v) is 6.97. The quantitative estimate of drug-likeness (QED) is 0.733. The molecule has 1 heterocycles. The number of para-hydroxylation sites is 2. The van der Waals surface area contributed by atoms with Crippen LogP contribution < -0.4 is 10.2 Å². The Morgan fingerprint density at radius 1 is 1.20 bits per heavy atom. The Labute approximate surface area is 148 Å². The first-order valence-electron chi connectivity index (χ1n) is 7.87. The Kier molecular flexibility index (Phi) is 5.06. The Morgan fingerprint density at radius 3 is 2.56 bits per heavy atom. The van der Waals surface area contributed by atoms with E-state index in [9.17, 15) is 13.6 Å². The van der Waals surface area contributed by atoms with E-state index in [1.165, 1.54) is 6.07 Å². The molecule has 0 spiro atoms. The van der Waals surface area contributed by atoms with Gasteiger partial charge in [0.2, 0.25) is 0 Å². The number of benzene rings is 2. The van der Waals surface area contributed by atoms with E-state index in [-0.39, 0.29) is 12.6 Å². The van der Waals surface area contributed by atoms with Crippen LogP contribution in [0.5, 0.6) is 0 Å². The van der Waals surface area contributed by atoms with Gasteiger partial charge in [-0.3, -0.25) is 4.79 Å². The number of halogens is 2. The maximum absolute atomic E-state index is 13.6. The molecule has 7 heteroatoms. The SMILES string of the molecule is C[C@H](c1nc2ccccc2s1)[NH+](C)CC(=O)Nc1c(F)cccc1F. The topological polar surface area (TPSA) is 46.4 Å². The molecule has 0 aliphatic heterocycles. The lowest BCUT2D eigenvalue weighted by atomic mass is 10.2. The number of thiazole rings is 1. The molecule has 0 radical (unpaired) electrons. The van der Waals surface area contributed by atoms with Crippen LogP contribution in [0.15, 0.2) is 42.5 Å². The molecular formula is C18H18F2N3OS+. The van der Waals surface area contributed by atoms with Gasteiger partial charge in [-0.1, -0.05) is 18.2 Å². The van der Waals surface area contributed by atoms with Gasteiger partial charge in [0.1, 0.15) is 23.4 Å². The highest BCUT2D eigenvalue weighted by molar-refractivity contribution is 7.18. The van der Waals surface area contributed by atoms with E-state index in [2.05, 4.69) is 10.3 Å².